The van der Waals surface area contributed by atoms with Gasteiger partial charge in [-0.3, -0.25) is 0 Å². The van der Waals surface area contributed by atoms with Gasteiger partial charge in [-0.25, -0.2) is 0 Å². The van der Waals surface area contributed by atoms with Gasteiger partial charge in [-0.05, 0) is 42.3 Å². The maximum absolute atomic E-state index is 10.2. The van der Waals surface area contributed by atoms with Crippen LogP contribution in [-0.4, -0.2) is 11.7 Å². The molecule has 0 saturated carbocycles. The van der Waals surface area contributed by atoms with Crippen LogP contribution in [0, 0.1) is 0 Å². The fraction of sp³-hybridized carbons (Fsp3) is 0.200. The van der Waals surface area contributed by atoms with Crippen LogP contribution in [-0.2, 0) is 0 Å². The Bertz CT molecular complexity index is 508. The summed E-state index contributed by atoms with van der Waals surface area (Å²) in [4.78, 5) is 0. The Morgan fingerprint density at radius 2 is 1.83 bits per heavy atom. The molecule has 2 aromatic carbocycles. The van der Waals surface area contributed by atoms with Crippen molar-refractivity contribution in [3.63, 3.8) is 0 Å². The van der Waals surface area contributed by atoms with Crippen LogP contribution < -0.4 is 4.74 Å². The minimum Gasteiger partial charge on any atom is -0.494 e. The van der Waals surface area contributed by atoms with Crippen LogP contribution in [0.15, 0.2) is 48.5 Å². The van der Waals surface area contributed by atoms with Crippen LogP contribution in [0.4, 0.5) is 0 Å². The van der Waals surface area contributed by atoms with E-state index in [9.17, 15) is 5.11 Å². The summed E-state index contributed by atoms with van der Waals surface area (Å²) in [6.07, 6.45) is -0.667. The summed E-state index contributed by atoms with van der Waals surface area (Å²) in [6.45, 7) is 2.57. The highest BCUT2D eigenvalue weighted by Gasteiger charge is 2.10. The van der Waals surface area contributed by atoms with Crippen LogP contribution in [0.3, 0.4) is 0 Å². The average molecular weight is 263 g/mol. The zero-order valence-electron chi connectivity index (χ0n) is 10.1. The fourth-order valence-corrected chi connectivity index (χ4v) is 1.98. The van der Waals surface area contributed by atoms with Crippen molar-refractivity contribution >= 4 is 11.6 Å². The Morgan fingerprint density at radius 1 is 1.11 bits per heavy atom. The van der Waals surface area contributed by atoms with Crippen LogP contribution in [0.5, 0.6) is 5.75 Å². The van der Waals surface area contributed by atoms with Crippen molar-refractivity contribution in [2.24, 2.45) is 0 Å². The van der Waals surface area contributed by atoms with Gasteiger partial charge in [0.25, 0.3) is 0 Å². The first kappa shape index (κ1) is 12.9. The maximum atomic E-state index is 10.2. The molecule has 0 amide bonds. The predicted molar refractivity (Wildman–Crippen MR) is 73.1 cm³/mol. The van der Waals surface area contributed by atoms with Gasteiger partial charge < -0.3 is 9.84 Å². The van der Waals surface area contributed by atoms with Gasteiger partial charge in [-0.1, -0.05) is 35.9 Å². The van der Waals surface area contributed by atoms with E-state index in [1.54, 1.807) is 12.1 Å². The number of aliphatic hydroxyl groups is 1. The summed E-state index contributed by atoms with van der Waals surface area (Å²) < 4.78 is 5.36. The SMILES string of the molecule is CCOc1ccc([C@H](O)c2cccc(Cl)c2)cc1. The van der Waals surface area contributed by atoms with Gasteiger partial charge >= 0.3 is 0 Å². The van der Waals surface area contributed by atoms with Crippen LogP contribution in [0.25, 0.3) is 0 Å². The van der Waals surface area contributed by atoms with E-state index in [1.807, 2.05) is 43.3 Å². The molecule has 0 aliphatic rings. The number of ether oxygens (including phenoxy) is 1. The monoisotopic (exact) mass is 262 g/mol. The second-order valence-electron chi connectivity index (χ2n) is 3.96. The van der Waals surface area contributed by atoms with Crippen molar-refractivity contribution in [1.29, 1.82) is 0 Å². The molecule has 0 aliphatic carbocycles. The minimum absolute atomic E-state index is 0.623. The van der Waals surface area contributed by atoms with Crippen molar-refractivity contribution in [2.75, 3.05) is 6.61 Å². The molecule has 2 rings (SSSR count). The van der Waals surface area contributed by atoms with Gasteiger partial charge in [0.2, 0.25) is 0 Å². The number of rotatable bonds is 4. The molecule has 0 heterocycles. The number of hydrogen-bond acceptors (Lipinski definition) is 2. The molecule has 0 radical (unpaired) electrons. The molecule has 0 saturated heterocycles. The molecule has 0 fully saturated rings. The Labute approximate surface area is 112 Å². The first-order valence-electron chi connectivity index (χ1n) is 5.87. The van der Waals surface area contributed by atoms with Gasteiger partial charge in [0.05, 0.1) is 6.61 Å². The third kappa shape index (κ3) is 3.03. The summed E-state index contributed by atoms with van der Waals surface area (Å²) >= 11 is 5.91. The molecule has 18 heavy (non-hydrogen) atoms. The number of halogens is 1. The highest BCUT2D eigenvalue weighted by Crippen LogP contribution is 2.25. The molecular formula is C15H15ClO2. The second-order valence-corrected chi connectivity index (χ2v) is 4.40. The van der Waals surface area contributed by atoms with Gasteiger partial charge in [-0.2, -0.15) is 0 Å². The fourth-order valence-electron chi connectivity index (χ4n) is 1.78. The highest BCUT2D eigenvalue weighted by atomic mass is 35.5. The molecule has 1 N–H and O–H groups in total. The summed E-state index contributed by atoms with van der Waals surface area (Å²) in [6, 6.07) is 14.7. The topological polar surface area (TPSA) is 29.5 Å². The number of hydrogen-bond donors (Lipinski definition) is 1. The number of benzene rings is 2. The Morgan fingerprint density at radius 3 is 2.44 bits per heavy atom. The quantitative estimate of drug-likeness (QED) is 0.908. The smallest absolute Gasteiger partial charge is 0.119 e. The van der Waals surface area contributed by atoms with E-state index in [0.29, 0.717) is 11.6 Å². The predicted octanol–water partition coefficient (Wildman–Crippen LogP) is 3.82. The van der Waals surface area contributed by atoms with Crippen molar-refractivity contribution in [1.82, 2.24) is 0 Å². The Kier molecular flexibility index (Phi) is 4.24. The molecule has 0 aliphatic heterocycles. The third-order valence-electron chi connectivity index (χ3n) is 2.67. The molecule has 2 nitrogen and oxygen atoms in total. The lowest BCUT2D eigenvalue weighted by Crippen LogP contribution is -1.99. The summed E-state index contributed by atoms with van der Waals surface area (Å²) in [7, 11) is 0. The van der Waals surface area contributed by atoms with Crippen molar-refractivity contribution < 1.29 is 9.84 Å². The number of aliphatic hydroxyl groups excluding tert-OH is 1. The molecule has 0 spiro atoms. The molecule has 2 aromatic rings. The van der Waals surface area contributed by atoms with E-state index in [4.69, 9.17) is 16.3 Å². The largest absolute Gasteiger partial charge is 0.494 e. The molecule has 3 heteroatoms. The van der Waals surface area contributed by atoms with E-state index in [1.165, 1.54) is 0 Å². The third-order valence-corrected chi connectivity index (χ3v) is 2.91. The van der Waals surface area contributed by atoms with E-state index >= 15 is 0 Å². The average Bonchev–Trinajstić information content (AvgIpc) is 2.39. The lowest BCUT2D eigenvalue weighted by molar-refractivity contribution is 0.220. The van der Waals surface area contributed by atoms with E-state index in [-0.39, 0.29) is 0 Å². The Balaban J connectivity index is 2.20. The molecule has 94 valence electrons. The van der Waals surface area contributed by atoms with Crippen molar-refractivity contribution in [3.8, 4) is 5.75 Å². The Hall–Kier alpha value is -1.51. The van der Waals surface area contributed by atoms with Gasteiger partial charge in [0.1, 0.15) is 11.9 Å². The summed E-state index contributed by atoms with van der Waals surface area (Å²) in [5.41, 5.74) is 1.60. The molecule has 1 atom stereocenters. The van der Waals surface area contributed by atoms with Crippen molar-refractivity contribution in [3.05, 3.63) is 64.7 Å². The minimum atomic E-state index is -0.667. The summed E-state index contributed by atoms with van der Waals surface area (Å²) in [5, 5.41) is 10.9. The second kappa shape index (κ2) is 5.89. The summed E-state index contributed by atoms with van der Waals surface area (Å²) in [5.74, 6) is 0.805. The van der Waals surface area contributed by atoms with Crippen molar-refractivity contribution in [2.45, 2.75) is 13.0 Å². The highest BCUT2D eigenvalue weighted by molar-refractivity contribution is 6.30. The van der Waals surface area contributed by atoms with Gasteiger partial charge in [-0.15, -0.1) is 0 Å². The maximum Gasteiger partial charge on any atom is 0.119 e. The lowest BCUT2D eigenvalue weighted by atomic mass is 10.0. The molecule has 0 bridgehead atoms. The van der Waals surface area contributed by atoms with Gasteiger partial charge in [0, 0.05) is 5.02 Å². The van der Waals surface area contributed by atoms with Crippen LogP contribution in [0.2, 0.25) is 5.02 Å². The van der Waals surface area contributed by atoms with Crippen LogP contribution in [0.1, 0.15) is 24.2 Å². The normalized spacial score (nSPS) is 12.2. The first-order chi connectivity index (χ1) is 8.70. The standard InChI is InChI=1S/C15H15ClO2/c1-2-18-14-8-6-11(7-9-14)15(17)12-4-3-5-13(16)10-12/h3-10,15,17H,2H2,1H3/t15-/m0/s1. The zero-order valence-corrected chi connectivity index (χ0v) is 10.9. The van der Waals surface area contributed by atoms with E-state index < -0.39 is 6.10 Å². The molecule has 0 aromatic heterocycles. The molecule has 0 unspecified atom stereocenters. The van der Waals surface area contributed by atoms with E-state index in [0.717, 1.165) is 16.9 Å². The molecular weight excluding hydrogens is 248 g/mol. The van der Waals surface area contributed by atoms with Gasteiger partial charge in [0.15, 0.2) is 0 Å². The van der Waals surface area contributed by atoms with Crippen LogP contribution >= 0.6 is 11.6 Å². The zero-order chi connectivity index (χ0) is 13.0. The van der Waals surface area contributed by atoms with E-state index in [2.05, 4.69) is 0 Å². The first-order valence-corrected chi connectivity index (χ1v) is 6.25. The lowest BCUT2D eigenvalue weighted by Gasteiger charge is -2.12.